The van der Waals surface area contributed by atoms with E-state index in [1.54, 1.807) is 13.8 Å². The first-order chi connectivity index (χ1) is 11.5. The zero-order valence-corrected chi connectivity index (χ0v) is 13.6. The minimum absolute atomic E-state index is 0.0431. The Morgan fingerprint density at radius 1 is 1.24 bits per heavy atom. The fourth-order valence-electron chi connectivity index (χ4n) is 2.91. The lowest BCUT2D eigenvalue weighted by molar-refractivity contribution is -0.137. The molecule has 3 N–H and O–H groups in total. The van der Waals surface area contributed by atoms with E-state index in [4.69, 9.17) is 0 Å². The molecule has 1 heterocycles. The van der Waals surface area contributed by atoms with E-state index in [-0.39, 0.29) is 23.2 Å². The van der Waals surface area contributed by atoms with Crippen molar-refractivity contribution in [2.45, 2.75) is 44.5 Å². The van der Waals surface area contributed by atoms with E-state index in [9.17, 15) is 23.4 Å². The van der Waals surface area contributed by atoms with Gasteiger partial charge in [0.25, 0.3) is 0 Å². The van der Waals surface area contributed by atoms with E-state index in [0.717, 1.165) is 12.1 Å². The number of aromatic hydroxyl groups is 1. The molecule has 134 valence electrons. The van der Waals surface area contributed by atoms with Crippen molar-refractivity contribution in [2.75, 3.05) is 5.32 Å². The predicted octanol–water partition coefficient (Wildman–Crippen LogP) is 2.90. The summed E-state index contributed by atoms with van der Waals surface area (Å²) in [6.45, 7) is 3.37. The fraction of sp³-hybridized carbons (Fsp3) is 0.438. The van der Waals surface area contributed by atoms with Crippen molar-refractivity contribution in [1.82, 2.24) is 15.2 Å². The van der Waals surface area contributed by atoms with Crippen LogP contribution >= 0.6 is 0 Å². The van der Waals surface area contributed by atoms with Crippen LogP contribution in [0.2, 0.25) is 0 Å². The molecule has 1 aromatic heterocycles. The van der Waals surface area contributed by atoms with Gasteiger partial charge in [-0.05, 0) is 44.9 Å². The molecule has 1 aromatic carbocycles. The molecular formula is C16H17F3N4O2. The summed E-state index contributed by atoms with van der Waals surface area (Å²) in [5, 5.41) is 30.5. The summed E-state index contributed by atoms with van der Waals surface area (Å²) in [4.78, 5) is 4.23. The molecule has 0 aliphatic heterocycles. The van der Waals surface area contributed by atoms with Crippen molar-refractivity contribution < 1.29 is 23.4 Å². The number of phenols is 1. The Morgan fingerprint density at radius 3 is 2.44 bits per heavy atom. The molecule has 6 nitrogen and oxygen atoms in total. The molecule has 0 bridgehead atoms. The summed E-state index contributed by atoms with van der Waals surface area (Å²) < 4.78 is 38.0. The second-order valence-electron chi connectivity index (χ2n) is 6.55. The van der Waals surface area contributed by atoms with Gasteiger partial charge in [-0.1, -0.05) is 0 Å². The first-order valence-corrected chi connectivity index (χ1v) is 7.66. The van der Waals surface area contributed by atoms with E-state index >= 15 is 0 Å². The second kappa shape index (κ2) is 5.83. The zero-order chi connectivity index (χ0) is 18.4. The first kappa shape index (κ1) is 17.4. The minimum Gasteiger partial charge on any atom is -0.507 e. The average molecular weight is 354 g/mol. The highest BCUT2D eigenvalue weighted by Crippen LogP contribution is 2.37. The van der Waals surface area contributed by atoms with Crippen molar-refractivity contribution in [2.24, 2.45) is 0 Å². The third-order valence-corrected chi connectivity index (χ3v) is 4.15. The van der Waals surface area contributed by atoms with Gasteiger partial charge in [-0.15, -0.1) is 10.2 Å². The van der Waals surface area contributed by atoms with Gasteiger partial charge in [0.15, 0.2) is 0 Å². The molecule has 0 amide bonds. The van der Waals surface area contributed by atoms with Crippen LogP contribution in [0.5, 0.6) is 5.75 Å². The number of aromatic nitrogens is 3. The number of alkyl halides is 3. The monoisotopic (exact) mass is 354 g/mol. The number of halogens is 3. The number of nitrogens with zero attached hydrogens (tertiary/aromatic N) is 3. The Hall–Kier alpha value is -2.42. The van der Waals surface area contributed by atoms with Crippen LogP contribution in [-0.2, 0) is 6.18 Å². The van der Waals surface area contributed by atoms with E-state index in [0.29, 0.717) is 24.6 Å². The van der Waals surface area contributed by atoms with Gasteiger partial charge in [-0.25, -0.2) is 4.98 Å². The van der Waals surface area contributed by atoms with Crippen LogP contribution in [0.1, 0.15) is 31.0 Å². The maximum absolute atomic E-state index is 12.7. The van der Waals surface area contributed by atoms with E-state index in [1.165, 1.54) is 0 Å². The van der Waals surface area contributed by atoms with Crippen LogP contribution in [0, 0.1) is 6.92 Å². The topological polar surface area (TPSA) is 91.2 Å². The van der Waals surface area contributed by atoms with Crippen molar-refractivity contribution >= 4 is 5.95 Å². The lowest BCUT2D eigenvalue weighted by atomic mass is 9.77. The highest BCUT2D eigenvalue weighted by Gasteiger charge is 2.38. The Balaban J connectivity index is 1.82. The molecule has 2 aromatic rings. The molecule has 0 unspecified atom stereocenters. The number of aliphatic hydroxyl groups is 1. The summed E-state index contributed by atoms with van der Waals surface area (Å²) in [5.74, 6) is -0.266. The van der Waals surface area contributed by atoms with E-state index < -0.39 is 23.1 Å². The maximum atomic E-state index is 12.7. The minimum atomic E-state index is -4.53. The van der Waals surface area contributed by atoms with Crippen molar-refractivity contribution in [3.63, 3.8) is 0 Å². The molecular weight excluding hydrogens is 337 g/mol. The summed E-state index contributed by atoms with van der Waals surface area (Å²) in [6, 6.07) is 2.71. The van der Waals surface area contributed by atoms with Crippen LogP contribution in [0.25, 0.3) is 11.3 Å². The largest absolute Gasteiger partial charge is 0.507 e. The van der Waals surface area contributed by atoms with Crippen LogP contribution < -0.4 is 5.32 Å². The molecule has 9 heteroatoms. The maximum Gasteiger partial charge on any atom is 0.416 e. The van der Waals surface area contributed by atoms with Crippen molar-refractivity contribution in [1.29, 1.82) is 0 Å². The lowest BCUT2D eigenvalue weighted by Gasteiger charge is -2.41. The number of benzene rings is 1. The van der Waals surface area contributed by atoms with Gasteiger partial charge < -0.3 is 15.5 Å². The zero-order valence-electron chi connectivity index (χ0n) is 13.6. The molecule has 1 aliphatic rings. The highest BCUT2D eigenvalue weighted by molar-refractivity contribution is 5.69. The van der Waals surface area contributed by atoms with Crippen LogP contribution in [0.15, 0.2) is 18.2 Å². The summed E-state index contributed by atoms with van der Waals surface area (Å²) in [5.41, 5.74) is -0.881. The van der Waals surface area contributed by atoms with Crippen LogP contribution in [-0.4, -0.2) is 37.0 Å². The standard InChI is InChI=1S/C16H17F3N4O2/c1-8-13(11-4-3-9(5-12(11)24)16(17,18)19)22-23-14(20-8)21-10-6-15(2,25)7-10/h3-5,10,24-25H,6-7H2,1-2H3,(H,20,21,23)/t10-,15+. The normalized spacial score (nSPS) is 23.2. The van der Waals surface area contributed by atoms with Crippen molar-refractivity contribution in [3.05, 3.63) is 29.5 Å². The van der Waals surface area contributed by atoms with Gasteiger partial charge in [0.2, 0.25) is 5.95 Å². The highest BCUT2D eigenvalue weighted by atomic mass is 19.4. The molecule has 0 radical (unpaired) electrons. The van der Waals surface area contributed by atoms with Gasteiger partial charge in [0, 0.05) is 11.6 Å². The molecule has 3 rings (SSSR count). The van der Waals surface area contributed by atoms with Gasteiger partial charge >= 0.3 is 6.18 Å². The number of rotatable bonds is 3. The van der Waals surface area contributed by atoms with E-state index in [1.807, 2.05) is 0 Å². The fourth-order valence-corrected chi connectivity index (χ4v) is 2.91. The average Bonchev–Trinajstić information content (AvgIpc) is 2.45. The Labute approximate surface area is 141 Å². The Kier molecular flexibility index (Phi) is 4.06. The molecule has 0 atom stereocenters. The molecule has 1 aliphatic carbocycles. The van der Waals surface area contributed by atoms with Gasteiger partial charge in [-0.3, -0.25) is 0 Å². The van der Waals surface area contributed by atoms with E-state index in [2.05, 4.69) is 20.5 Å². The quantitative estimate of drug-likeness (QED) is 0.785. The number of phenolic OH excluding ortho intramolecular Hbond substituents is 1. The summed E-state index contributed by atoms with van der Waals surface area (Å²) in [6.07, 6.45) is -3.40. The smallest absolute Gasteiger partial charge is 0.416 e. The number of nitrogens with one attached hydrogen (secondary N) is 1. The number of aryl methyl sites for hydroxylation is 1. The third kappa shape index (κ3) is 3.65. The second-order valence-corrected chi connectivity index (χ2v) is 6.55. The molecule has 1 saturated carbocycles. The summed E-state index contributed by atoms with van der Waals surface area (Å²) in [7, 11) is 0. The van der Waals surface area contributed by atoms with Gasteiger partial charge in [0.1, 0.15) is 11.4 Å². The van der Waals surface area contributed by atoms with Crippen LogP contribution in [0.4, 0.5) is 19.1 Å². The van der Waals surface area contributed by atoms with Gasteiger partial charge in [-0.2, -0.15) is 13.2 Å². The third-order valence-electron chi connectivity index (χ3n) is 4.15. The summed E-state index contributed by atoms with van der Waals surface area (Å²) >= 11 is 0. The number of hydrogen-bond acceptors (Lipinski definition) is 6. The molecule has 0 saturated heterocycles. The van der Waals surface area contributed by atoms with Crippen molar-refractivity contribution in [3.8, 4) is 17.0 Å². The number of hydrogen-bond donors (Lipinski definition) is 3. The molecule has 25 heavy (non-hydrogen) atoms. The van der Waals surface area contributed by atoms with Crippen LogP contribution in [0.3, 0.4) is 0 Å². The molecule has 0 spiro atoms. The lowest BCUT2D eigenvalue weighted by Crippen LogP contribution is -2.48. The first-order valence-electron chi connectivity index (χ1n) is 7.66. The SMILES string of the molecule is Cc1nc(N[C@H]2C[C@@](C)(O)C2)nnc1-c1ccc(C(F)(F)F)cc1O. The Bertz CT molecular complexity index is 800. The number of anilines is 1. The predicted molar refractivity (Wildman–Crippen MR) is 83.9 cm³/mol. The molecule has 1 fully saturated rings. The Morgan fingerprint density at radius 2 is 1.92 bits per heavy atom. The van der Waals surface area contributed by atoms with Gasteiger partial charge in [0.05, 0.1) is 16.9 Å².